The second-order valence-corrected chi connectivity index (χ2v) is 6.83. The monoisotopic (exact) mass is 332 g/mol. The molecule has 1 unspecified atom stereocenters. The molecule has 2 heterocycles. The Labute approximate surface area is 149 Å². The first-order chi connectivity index (χ1) is 12.4. The van der Waals surface area contributed by atoms with E-state index in [0.29, 0.717) is 0 Å². The van der Waals surface area contributed by atoms with Crippen LogP contribution in [-0.4, -0.2) is 47.6 Å². The van der Waals surface area contributed by atoms with Gasteiger partial charge in [-0.05, 0) is 18.1 Å². The molecule has 1 aromatic carbocycles. The minimum Gasteiger partial charge on any atom is -0.338 e. The number of allylic oxidation sites excluding steroid dienone is 3. The Balaban J connectivity index is 1.46. The van der Waals surface area contributed by atoms with Crippen LogP contribution in [-0.2, 0) is 5.41 Å². The quantitative estimate of drug-likeness (QED) is 0.861. The van der Waals surface area contributed by atoms with Crippen LogP contribution in [0.3, 0.4) is 0 Å². The van der Waals surface area contributed by atoms with Gasteiger partial charge in [-0.1, -0.05) is 54.6 Å². The first-order valence-electron chi connectivity index (χ1n) is 9.00. The maximum atomic E-state index is 4.38. The van der Waals surface area contributed by atoms with Gasteiger partial charge in [0.15, 0.2) is 0 Å². The molecule has 0 saturated carbocycles. The van der Waals surface area contributed by atoms with Crippen LogP contribution >= 0.6 is 0 Å². The summed E-state index contributed by atoms with van der Waals surface area (Å²) in [5, 5.41) is 0. The van der Waals surface area contributed by atoms with Crippen molar-refractivity contribution in [2.24, 2.45) is 0 Å². The molecule has 1 atom stereocenters. The molecule has 4 rings (SSSR count). The van der Waals surface area contributed by atoms with Gasteiger partial charge in [-0.2, -0.15) is 0 Å². The minimum atomic E-state index is 0.0847. The first kappa shape index (κ1) is 16.0. The van der Waals surface area contributed by atoms with Crippen molar-refractivity contribution in [3.05, 3.63) is 78.7 Å². The molecule has 25 heavy (non-hydrogen) atoms. The van der Waals surface area contributed by atoms with E-state index >= 15 is 0 Å². The average molecular weight is 332 g/mol. The molecule has 4 nitrogen and oxygen atoms in total. The Hall–Kier alpha value is -2.46. The first-order valence-corrected chi connectivity index (χ1v) is 9.00. The van der Waals surface area contributed by atoms with Crippen molar-refractivity contribution in [2.45, 2.75) is 11.8 Å². The number of piperazine rings is 1. The summed E-state index contributed by atoms with van der Waals surface area (Å²) in [5.74, 6) is 0.848. The Morgan fingerprint density at radius 1 is 0.880 bits per heavy atom. The van der Waals surface area contributed by atoms with Crippen molar-refractivity contribution in [2.75, 3.05) is 37.6 Å². The summed E-state index contributed by atoms with van der Waals surface area (Å²) in [7, 11) is 0. The van der Waals surface area contributed by atoms with Crippen LogP contribution in [0.15, 0.2) is 73.1 Å². The van der Waals surface area contributed by atoms with Crippen molar-refractivity contribution < 1.29 is 0 Å². The van der Waals surface area contributed by atoms with E-state index < -0.39 is 0 Å². The summed E-state index contributed by atoms with van der Waals surface area (Å²) in [6, 6.07) is 12.8. The molecule has 2 aromatic rings. The van der Waals surface area contributed by atoms with E-state index in [-0.39, 0.29) is 5.41 Å². The number of hydrogen-bond acceptors (Lipinski definition) is 4. The maximum Gasteiger partial charge on any atom is 0.225 e. The van der Waals surface area contributed by atoms with Crippen molar-refractivity contribution in [1.29, 1.82) is 0 Å². The van der Waals surface area contributed by atoms with Crippen LogP contribution in [0.1, 0.15) is 12.0 Å². The molecule has 1 saturated heterocycles. The van der Waals surface area contributed by atoms with Gasteiger partial charge in [0.2, 0.25) is 5.95 Å². The molecule has 0 spiro atoms. The lowest BCUT2D eigenvalue weighted by molar-refractivity contribution is 0.215. The largest absolute Gasteiger partial charge is 0.338 e. The second kappa shape index (κ2) is 7.19. The molecule has 1 fully saturated rings. The zero-order valence-corrected chi connectivity index (χ0v) is 14.5. The predicted molar refractivity (Wildman–Crippen MR) is 102 cm³/mol. The van der Waals surface area contributed by atoms with Gasteiger partial charge in [0.05, 0.1) is 0 Å². The van der Waals surface area contributed by atoms with Gasteiger partial charge in [0.1, 0.15) is 0 Å². The Bertz CT molecular complexity index is 733. The zero-order valence-electron chi connectivity index (χ0n) is 14.5. The summed E-state index contributed by atoms with van der Waals surface area (Å²) in [4.78, 5) is 13.6. The van der Waals surface area contributed by atoms with Crippen molar-refractivity contribution in [3.63, 3.8) is 0 Å². The number of hydrogen-bond donors (Lipinski definition) is 0. The number of aromatic nitrogens is 2. The van der Waals surface area contributed by atoms with E-state index in [1.165, 1.54) is 5.56 Å². The van der Waals surface area contributed by atoms with E-state index in [4.69, 9.17) is 0 Å². The van der Waals surface area contributed by atoms with Crippen LogP contribution in [0.5, 0.6) is 0 Å². The van der Waals surface area contributed by atoms with Gasteiger partial charge in [-0.15, -0.1) is 0 Å². The van der Waals surface area contributed by atoms with E-state index in [2.05, 4.69) is 74.4 Å². The number of nitrogens with zero attached hydrogens (tertiary/aromatic N) is 4. The van der Waals surface area contributed by atoms with Crippen molar-refractivity contribution in [1.82, 2.24) is 14.9 Å². The van der Waals surface area contributed by atoms with Gasteiger partial charge in [0.25, 0.3) is 0 Å². The molecule has 0 N–H and O–H groups in total. The second-order valence-electron chi connectivity index (χ2n) is 6.83. The predicted octanol–water partition coefficient (Wildman–Crippen LogP) is 3.05. The van der Waals surface area contributed by atoms with Crippen LogP contribution in [0.2, 0.25) is 0 Å². The molecular weight excluding hydrogens is 308 g/mol. The Kier molecular flexibility index (Phi) is 4.61. The topological polar surface area (TPSA) is 32.3 Å². The molecule has 0 bridgehead atoms. The van der Waals surface area contributed by atoms with Crippen LogP contribution in [0, 0.1) is 0 Å². The molecule has 0 radical (unpaired) electrons. The third kappa shape index (κ3) is 3.49. The van der Waals surface area contributed by atoms with Gasteiger partial charge < -0.3 is 4.90 Å². The molecule has 2 aliphatic rings. The Morgan fingerprint density at radius 2 is 1.64 bits per heavy atom. The average Bonchev–Trinajstić information content (AvgIpc) is 2.71. The number of anilines is 1. The van der Waals surface area contributed by atoms with E-state index in [0.717, 1.165) is 45.1 Å². The lowest BCUT2D eigenvalue weighted by atomic mass is 9.75. The minimum absolute atomic E-state index is 0.0847. The molecule has 128 valence electrons. The fraction of sp³-hybridized carbons (Fsp3) is 0.333. The lowest BCUT2D eigenvalue weighted by Gasteiger charge is -2.41. The summed E-state index contributed by atoms with van der Waals surface area (Å²) in [5.41, 5.74) is 1.49. The summed E-state index contributed by atoms with van der Waals surface area (Å²) < 4.78 is 0. The molecule has 1 aromatic heterocycles. The highest BCUT2D eigenvalue weighted by molar-refractivity contribution is 5.37. The van der Waals surface area contributed by atoms with Crippen molar-refractivity contribution >= 4 is 5.95 Å². The number of benzene rings is 1. The van der Waals surface area contributed by atoms with Gasteiger partial charge in [0, 0.05) is 50.5 Å². The third-order valence-corrected chi connectivity index (χ3v) is 5.21. The lowest BCUT2D eigenvalue weighted by Crippen LogP contribution is -2.51. The SMILES string of the molecule is C1=CCC(CN2CCN(c3ncccn3)CC2)(c2ccccc2)C=C1. The molecule has 1 aliphatic heterocycles. The maximum absolute atomic E-state index is 4.38. The standard InChI is InChI=1S/C21H24N4/c1-3-8-19(9-4-1)21(10-5-2-6-11-21)18-24-14-16-25(17-15-24)20-22-12-7-13-23-20/h1-10,12-13H,11,14-18H2. The number of rotatable bonds is 4. The van der Waals surface area contributed by atoms with Gasteiger partial charge >= 0.3 is 0 Å². The van der Waals surface area contributed by atoms with Crippen LogP contribution in [0.4, 0.5) is 5.95 Å². The van der Waals surface area contributed by atoms with E-state index in [9.17, 15) is 0 Å². The van der Waals surface area contributed by atoms with Crippen LogP contribution in [0.25, 0.3) is 0 Å². The summed E-state index contributed by atoms with van der Waals surface area (Å²) in [6.45, 7) is 5.11. The molecular formula is C21H24N4. The molecule has 1 aliphatic carbocycles. The smallest absolute Gasteiger partial charge is 0.225 e. The molecule has 4 heteroatoms. The zero-order chi connectivity index (χ0) is 17.0. The third-order valence-electron chi connectivity index (χ3n) is 5.21. The van der Waals surface area contributed by atoms with Gasteiger partial charge in [-0.3, -0.25) is 4.90 Å². The highest BCUT2D eigenvalue weighted by Gasteiger charge is 2.32. The molecule has 0 amide bonds. The fourth-order valence-electron chi connectivity index (χ4n) is 3.82. The van der Waals surface area contributed by atoms with Crippen molar-refractivity contribution in [3.8, 4) is 0 Å². The van der Waals surface area contributed by atoms with E-state index in [1.807, 2.05) is 18.5 Å². The van der Waals surface area contributed by atoms with Gasteiger partial charge in [-0.25, -0.2) is 9.97 Å². The Morgan fingerprint density at radius 3 is 2.32 bits per heavy atom. The fourth-order valence-corrected chi connectivity index (χ4v) is 3.82. The van der Waals surface area contributed by atoms with Crippen LogP contribution < -0.4 is 4.90 Å². The summed E-state index contributed by atoms with van der Waals surface area (Å²) >= 11 is 0. The highest BCUT2D eigenvalue weighted by atomic mass is 15.3. The van der Waals surface area contributed by atoms with E-state index in [1.54, 1.807) is 0 Å². The normalized spacial score (nSPS) is 23.8. The summed E-state index contributed by atoms with van der Waals surface area (Å²) in [6.07, 6.45) is 13.7. The highest BCUT2D eigenvalue weighted by Crippen LogP contribution is 2.34.